The van der Waals surface area contributed by atoms with Gasteiger partial charge in [0.1, 0.15) is 0 Å². The highest BCUT2D eigenvalue weighted by molar-refractivity contribution is 5.79. The first kappa shape index (κ1) is 19.4. The number of hydrogen-bond acceptors (Lipinski definition) is 7. The summed E-state index contributed by atoms with van der Waals surface area (Å²) in [4.78, 5) is 16.6. The minimum Gasteiger partial charge on any atom is -0.480 e. The minimum absolute atomic E-state index is 0.0285. The number of rotatable bonds is 3. The number of carbonyl (C=O) groups excluding carboxylic acids is 1. The van der Waals surface area contributed by atoms with E-state index in [-0.39, 0.29) is 37.3 Å². The predicted molar refractivity (Wildman–Crippen MR) is 94.0 cm³/mol. The summed E-state index contributed by atoms with van der Waals surface area (Å²) in [5, 5.41) is 15.0. The molecular weight excluding hydrogens is 391 g/mol. The molecule has 2 aliphatic rings. The van der Waals surface area contributed by atoms with Gasteiger partial charge in [0, 0.05) is 32.2 Å². The van der Waals surface area contributed by atoms with Crippen LogP contribution in [0, 0.1) is 5.92 Å². The van der Waals surface area contributed by atoms with E-state index in [0.29, 0.717) is 18.2 Å². The van der Waals surface area contributed by atoms with Gasteiger partial charge in [-0.1, -0.05) is 0 Å². The molecule has 4 rings (SSSR count). The van der Waals surface area contributed by atoms with Crippen LogP contribution in [0.25, 0.3) is 0 Å². The van der Waals surface area contributed by atoms with Crippen LogP contribution in [-0.4, -0.2) is 62.5 Å². The molecule has 29 heavy (non-hydrogen) atoms. The first-order valence-corrected chi connectivity index (χ1v) is 9.27. The topological polar surface area (TPSA) is 89.3 Å². The van der Waals surface area contributed by atoms with Crippen molar-refractivity contribution in [3.8, 4) is 5.88 Å². The van der Waals surface area contributed by atoms with E-state index in [1.165, 1.54) is 7.11 Å². The van der Waals surface area contributed by atoms with E-state index in [9.17, 15) is 18.0 Å². The van der Waals surface area contributed by atoms with Crippen LogP contribution in [0.4, 0.5) is 19.0 Å². The Morgan fingerprint density at radius 2 is 1.97 bits per heavy atom. The molecule has 0 N–H and O–H groups in total. The van der Waals surface area contributed by atoms with Gasteiger partial charge in [0.05, 0.1) is 19.6 Å². The summed E-state index contributed by atoms with van der Waals surface area (Å²) < 4.78 is 45.0. The van der Waals surface area contributed by atoms with Crippen LogP contribution in [0.1, 0.15) is 24.5 Å². The number of hydrogen-bond donors (Lipinski definition) is 0. The lowest BCUT2D eigenvalue weighted by molar-refractivity contribution is -0.148. The molecule has 0 bridgehead atoms. The molecule has 2 aromatic rings. The van der Waals surface area contributed by atoms with Gasteiger partial charge in [0.15, 0.2) is 11.6 Å². The Hall–Kier alpha value is -2.92. The van der Waals surface area contributed by atoms with Crippen molar-refractivity contribution in [2.75, 3.05) is 31.6 Å². The number of ether oxygens (including phenoxy) is 1. The summed E-state index contributed by atoms with van der Waals surface area (Å²) in [6, 6.07) is 3.50. The zero-order valence-corrected chi connectivity index (χ0v) is 15.8. The fourth-order valence-electron chi connectivity index (χ4n) is 3.79. The summed E-state index contributed by atoms with van der Waals surface area (Å²) in [6.07, 6.45) is -3.02. The molecule has 156 valence electrons. The van der Waals surface area contributed by atoms with Crippen LogP contribution in [-0.2, 0) is 24.1 Å². The molecule has 1 amide bonds. The van der Waals surface area contributed by atoms with Gasteiger partial charge in [-0.05, 0) is 18.9 Å². The Balaban J connectivity index is 1.43. The summed E-state index contributed by atoms with van der Waals surface area (Å²) in [6.45, 7) is 1.50. The second kappa shape index (κ2) is 7.48. The number of alkyl halides is 3. The van der Waals surface area contributed by atoms with Crippen LogP contribution >= 0.6 is 0 Å². The number of nitrogens with zero attached hydrogens (tertiary/aromatic N) is 7. The average molecular weight is 411 g/mol. The Morgan fingerprint density at radius 3 is 2.66 bits per heavy atom. The van der Waals surface area contributed by atoms with Crippen molar-refractivity contribution in [2.24, 2.45) is 5.92 Å². The van der Waals surface area contributed by atoms with Gasteiger partial charge in [-0.15, -0.1) is 20.4 Å². The van der Waals surface area contributed by atoms with E-state index in [0.717, 1.165) is 24.0 Å². The molecule has 12 heteroatoms. The zero-order chi connectivity index (χ0) is 20.6. The highest BCUT2D eigenvalue weighted by atomic mass is 19.4. The zero-order valence-electron chi connectivity index (χ0n) is 15.8. The quantitative estimate of drug-likeness (QED) is 0.753. The predicted octanol–water partition coefficient (Wildman–Crippen LogP) is 1.35. The van der Waals surface area contributed by atoms with E-state index >= 15 is 0 Å². The number of amides is 1. The minimum atomic E-state index is -4.55. The highest BCUT2D eigenvalue weighted by Gasteiger charge is 2.40. The van der Waals surface area contributed by atoms with Gasteiger partial charge in [-0.3, -0.25) is 4.79 Å². The third-order valence-corrected chi connectivity index (χ3v) is 5.25. The standard InChI is InChI=1S/C17H20F3N7O2/c1-29-14-5-4-12(21-23-14)25-6-2-3-11(9-25)15(28)26-7-8-27-13(10-26)22-24-16(27)17(18,19)20/h4-5,11H,2-3,6-10H2,1H3. The highest BCUT2D eigenvalue weighted by Crippen LogP contribution is 2.30. The van der Waals surface area contributed by atoms with Gasteiger partial charge in [0.25, 0.3) is 0 Å². The van der Waals surface area contributed by atoms with Crippen molar-refractivity contribution in [1.82, 2.24) is 29.9 Å². The summed E-state index contributed by atoms with van der Waals surface area (Å²) in [5.41, 5.74) is 0. The van der Waals surface area contributed by atoms with E-state index in [4.69, 9.17) is 4.74 Å². The maximum atomic E-state index is 13.0. The van der Waals surface area contributed by atoms with Crippen molar-refractivity contribution in [3.05, 3.63) is 23.8 Å². The lowest BCUT2D eigenvalue weighted by Crippen LogP contribution is -2.47. The molecule has 4 heterocycles. The molecular formula is C17H20F3N7O2. The lowest BCUT2D eigenvalue weighted by atomic mass is 9.96. The van der Waals surface area contributed by atoms with Gasteiger partial charge in [-0.2, -0.15) is 13.2 Å². The number of methoxy groups -OCH3 is 1. The number of carbonyl (C=O) groups is 1. The molecule has 2 aromatic heterocycles. The molecule has 0 radical (unpaired) electrons. The van der Waals surface area contributed by atoms with E-state index in [1.54, 1.807) is 17.0 Å². The normalized spacial score (nSPS) is 19.8. The van der Waals surface area contributed by atoms with Crippen molar-refractivity contribution in [3.63, 3.8) is 0 Å². The first-order valence-electron chi connectivity index (χ1n) is 9.27. The van der Waals surface area contributed by atoms with Crippen LogP contribution in [0.3, 0.4) is 0 Å². The molecule has 9 nitrogen and oxygen atoms in total. The fourth-order valence-corrected chi connectivity index (χ4v) is 3.79. The van der Waals surface area contributed by atoms with Crippen LogP contribution < -0.4 is 9.64 Å². The number of halogens is 3. The molecule has 1 fully saturated rings. The third kappa shape index (κ3) is 3.83. The lowest BCUT2D eigenvalue weighted by Gasteiger charge is -2.36. The van der Waals surface area contributed by atoms with Gasteiger partial charge < -0.3 is 19.1 Å². The number of fused-ring (bicyclic) bond motifs is 1. The number of anilines is 1. The monoisotopic (exact) mass is 411 g/mol. The molecule has 0 aromatic carbocycles. The maximum absolute atomic E-state index is 13.0. The Bertz CT molecular complexity index is 884. The van der Waals surface area contributed by atoms with E-state index in [2.05, 4.69) is 20.4 Å². The Labute approximate surface area is 164 Å². The molecule has 0 aliphatic carbocycles. The van der Waals surface area contributed by atoms with Crippen LogP contribution in [0.5, 0.6) is 5.88 Å². The van der Waals surface area contributed by atoms with E-state index < -0.39 is 12.0 Å². The van der Waals surface area contributed by atoms with Gasteiger partial charge >= 0.3 is 6.18 Å². The second-order valence-electron chi connectivity index (χ2n) is 7.07. The van der Waals surface area contributed by atoms with Crippen molar-refractivity contribution >= 4 is 11.7 Å². The molecule has 1 atom stereocenters. The third-order valence-electron chi connectivity index (χ3n) is 5.25. The molecule has 0 spiro atoms. The van der Waals surface area contributed by atoms with Crippen molar-refractivity contribution in [2.45, 2.75) is 32.1 Å². The molecule has 2 aliphatic heterocycles. The second-order valence-corrected chi connectivity index (χ2v) is 7.07. The maximum Gasteiger partial charge on any atom is 0.451 e. The van der Waals surface area contributed by atoms with Crippen molar-refractivity contribution < 1.29 is 22.7 Å². The van der Waals surface area contributed by atoms with Gasteiger partial charge in [0.2, 0.25) is 17.6 Å². The Kier molecular flexibility index (Phi) is 5.01. The SMILES string of the molecule is COc1ccc(N2CCCC(C(=O)N3CCn4c(nnc4C(F)(F)F)C3)C2)nn1. The largest absolute Gasteiger partial charge is 0.480 e. The van der Waals surface area contributed by atoms with Crippen molar-refractivity contribution in [1.29, 1.82) is 0 Å². The van der Waals surface area contributed by atoms with Crippen LogP contribution in [0.2, 0.25) is 0 Å². The summed E-state index contributed by atoms with van der Waals surface area (Å²) in [7, 11) is 1.51. The fraction of sp³-hybridized carbons (Fsp3) is 0.588. The number of aromatic nitrogens is 5. The summed E-state index contributed by atoms with van der Waals surface area (Å²) >= 11 is 0. The van der Waals surface area contributed by atoms with E-state index in [1.807, 2.05) is 4.90 Å². The van der Waals surface area contributed by atoms with Gasteiger partial charge in [-0.25, -0.2) is 0 Å². The molecule has 1 unspecified atom stereocenters. The Morgan fingerprint density at radius 1 is 1.14 bits per heavy atom. The number of piperidine rings is 1. The first-order chi connectivity index (χ1) is 13.9. The molecule has 1 saturated heterocycles. The van der Waals surface area contributed by atoms with Crippen LogP contribution in [0.15, 0.2) is 12.1 Å². The summed E-state index contributed by atoms with van der Waals surface area (Å²) in [5.74, 6) is -0.124. The smallest absolute Gasteiger partial charge is 0.451 e. The molecule has 0 saturated carbocycles. The average Bonchev–Trinajstić information content (AvgIpc) is 3.17.